The van der Waals surface area contributed by atoms with Crippen molar-refractivity contribution in [3.8, 4) is 0 Å². The van der Waals surface area contributed by atoms with Crippen LogP contribution < -0.4 is 5.73 Å². The number of nitrogen functional groups attached to an aromatic ring is 1. The van der Waals surface area contributed by atoms with Crippen LogP contribution in [0.4, 0.5) is 5.69 Å². The van der Waals surface area contributed by atoms with Gasteiger partial charge in [-0.15, -0.1) is 0 Å². The summed E-state index contributed by atoms with van der Waals surface area (Å²) < 4.78 is 5.87. The third kappa shape index (κ3) is 3.20. The Bertz CT molecular complexity index is 912. The molecule has 2 N–H and O–H groups in total. The lowest BCUT2D eigenvalue weighted by atomic mass is 9.96. The molecule has 128 valence electrons. The van der Waals surface area contributed by atoms with Crippen LogP contribution in [0.15, 0.2) is 46.9 Å². The molecule has 6 heteroatoms. The smallest absolute Gasteiger partial charge is 0.253 e. The van der Waals surface area contributed by atoms with E-state index in [0.29, 0.717) is 29.4 Å². The van der Waals surface area contributed by atoms with Gasteiger partial charge in [-0.2, -0.15) is 0 Å². The standard InChI is InChI=1S/C19H18ClN3O2/c20-14-3-6-17-16(11-14)22-18(25-17)12-7-9-23(10-8-12)19(24)13-1-4-15(21)5-2-13/h1-6,11-12H,7-10,21H2. The number of fused-ring (bicyclic) bond motifs is 1. The zero-order valence-corrected chi connectivity index (χ0v) is 14.4. The molecule has 5 nitrogen and oxygen atoms in total. The summed E-state index contributed by atoms with van der Waals surface area (Å²) in [6, 6.07) is 12.5. The summed E-state index contributed by atoms with van der Waals surface area (Å²) in [7, 11) is 0. The van der Waals surface area contributed by atoms with E-state index in [4.69, 9.17) is 21.8 Å². The molecular formula is C19H18ClN3O2. The highest BCUT2D eigenvalue weighted by Crippen LogP contribution is 2.31. The van der Waals surface area contributed by atoms with Gasteiger partial charge >= 0.3 is 0 Å². The van der Waals surface area contributed by atoms with Gasteiger partial charge in [0.2, 0.25) is 0 Å². The van der Waals surface area contributed by atoms with Gasteiger partial charge in [-0.05, 0) is 55.3 Å². The fraction of sp³-hybridized carbons (Fsp3) is 0.263. The Balaban J connectivity index is 1.45. The lowest BCUT2D eigenvalue weighted by Gasteiger charge is -2.30. The second-order valence-corrected chi connectivity index (χ2v) is 6.79. The Hall–Kier alpha value is -2.53. The number of rotatable bonds is 2. The minimum absolute atomic E-state index is 0.0443. The molecule has 1 aliphatic heterocycles. The van der Waals surface area contributed by atoms with E-state index in [9.17, 15) is 4.79 Å². The zero-order chi connectivity index (χ0) is 17.4. The van der Waals surface area contributed by atoms with E-state index in [2.05, 4.69) is 4.98 Å². The molecule has 0 bridgehead atoms. The van der Waals surface area contributed by atoms with Gasteiger partial charge in [-0.3, -0.25) is 4.79 Å². The maximum absolute atomic E-state index is 12.6. The third-order valence-electron chi connectivity index (χ3n) is 4.66. The lowest BCUT2D eigenvalue weighted by molar-refractivity contribution is 0.0707. The summed E-state index contributed by atoms with van der Waals surface area (Å²) >= 11 is 6.00. The number of halogens is 1. The van der Waals surface area contributed by atoms with Crippen LogP contribution in [0, 0.1) is 0 Å². The molecule has 3 aromatic rings. The van der Waals surface area contributed by atoms with Crippen molar-refractivity contribution in [2.75, 3.05) is 18.8 Å². The Labute approximate surface area is 150 Å². The van der Waals surface area contributed by atoms with E-state index >= 15 is 0 Å². The Morgan fingerprint density at radius 3 is 2.60 bits per heavy atom. The van der Waals surface area contributed by atoms with Crippen molar-refractivity contribution in [3.05, 3.63) is 58.9 Å². The quantitative estimate of drug-likeness (QED) is 0.703. The molecule has 0 atom stereocenters. The number of nitrogens with zero attached hydrogens (tertiary/aromatic N) is 2. The number of hydrogen-bond donors (Lipinski definition) is 1. The highest BCUT2D eigenvalue weighted by molar-refractivity contribution is 6.31. The molecule has 1 aliphatic rings. The van der Waals surface area contributed by atoms with Gasteiger partial charge in [-0.25, -0.2) is 4.98 Å². The van der Waals surface area contributed by atoms with Crippen LogP contribution in [0.3, 0.4) is 0 Å². The number of benzene rings is 2. The molecular weight excluding hydrogens is 338 g/mol. The van der Waals surface area contributed by atoms with Crippen molar-refractivity contribution in [1.29, 1.82) is 0 Å². The summed E-state index contributed by atoms with van der Waals surface area (Å²) in [6.07, 6.45) is 1.67. The van der Waals surface area contributed by atoms with Crippen LogP contribution in [0.2, 0.25) is 5.02 Å². The summed E-state index contributed by atoms with van der Waals surface area (Å²) in [5.41, 5.74) is 8.54. The predicted octanol–water partition coefficient (Wildman–Crippen LogP) is 4.08. The number of carbonyl (C=O) groups excluding carboxylic acids is 1. The lowest BCUT2D eigenvalue weighted by Crippen LogP contribution is -2.37. The molecule has 0 aliphatic carbocycles. The number of nitrogens with two attached hydrogens (primary N) is 1. The zero-order valence-electron chi connectivity index (χ0n) is 13.6. The predicted molar refractivity (Wildman–Crippen MR) is 97.8 cm³/mol. The van der Waals surface area contributed by atoms with Crippen LogP contribution in [0.25, 0.3) is 11.1 Å². The summed E-state index contributed by atoms with van der Waals surface area (Å²) in [6.45, 7) is 1.38. The van der Waals surface area contributed by atoms with Crippen LogP contribution in [-0.4, -0.2) is 28.9 Å². The van der Waals surface area contributed by atoms with Gasteiger partial charge in [-0.1, -0.05) is 11.6 Å². The van der Waals surface area contributed by atoms with E-state index in [1.807, 2.05) is 17.0 Å². The largest absolute Gasteiger partial charge is 0.440 e. The van der Waals surface area contributed by atoms with Gasteiger partial charge in [0, 0.05) is 35.3 Å². The Morgan fingerprint density at radius 1 is 1.16 bits per heavy atom. The van der Waals surface area contributed by atoms with E-state index in [1.54, 1.807) is 30.3 Å². The Kier molecular flexibility index (Phi) is 4.09. The second kappa shape index (κ2) is 6.41. The number of aromatic nitrogens is 1. The fourth-order valence-electron chi connectivity index (χ4n) is 3.23. The molecule has 4 rings (SSSR count). The minimum Gasteiger partial charge on any atom is -0.440 e. The molecule has 0 spiro atoms. The molecule has 1 fully saturated rings. The highest BCUT2D eigenvalue weighted by Gasteiger charge is 2.27. The molecule has 0 unspecified atom stereocenters. The molecule has 1 amide bonds. The number of amides is 1. The van der Waals surface area contributed by atoms with Gasteiger partial charge < -0.3 is 15.1 Å². The third-order valence-corrected chi connectivity index (χ3v) is 4.89. The monoisotopic (exact) mass is 355 g/mol. The van der Waals surface area contributed by atoms with E-state index in [-0.39, 0.29) is 11.8 Å². The van der Waals surface area contributed by atoms with Crippen molar-refractivity contribution in [2.45, 2.75) is 18.8 Å². The first-order valence-electron chi connectivity index (χ1n) is 8.31. The fourth-order valence-corrected chi connectivity index (χ4v) is 3.40. The Morgan fingerprint density at radius 2 is 1.88 bits per heavy atom. The maximum Gasteiger partial charge on any atom is 0.253 e. The number of likely N-dealkylation sites (tertiary alicyclic amines) is 1. The molecule has 0 saturated carbocycles. The van der Waals surface area contributed by atoms with Gasteiger partial charge in [0.25, 0.3) is 5.91 Å². The first-order chi connectivity index (χ1) is 12.1. The number of hydrogen-bond acceptors (Lipinski definition) is 4. The molecule has 1 saturated heterocycles. The van der Waals surface area contributed by atoms with Crippen LogP contribution in [-0.2, 0) is 0 Å². The first-order valence-corrected chi connectivity index (χ1v) is 8.69. The van der Waals surface area contributed by atoms with Crippen LogP contribution in [0.1, 0.15) is 35.0 Å². The maximum atomic E-state index is 12.6. The minimum atomic E-state index is 0.0443. The van der Waals surface area contributed by atoms with Crippen molar-refractivity contribution in [3.63, 3.8) is 0 Å². The van der Waals surface area contributed by atoms with E-state index in [1.165, 1.54) is 0 Å². The van der Waals surface area contributed by atoms with Crippen LogP contribution >= 0.6 is 11.6 Å². The molecule has 1 aromatic heterocycles. The normalized spacial score (nSPS) is 15.6. The molecule has 25 heavy (non-hydrogen) atoms. The van der Waals surface area contributed by atoms with E-state index in [0.717, 1.165) is 29.8 Å². The van der Waals surface area contributed by atoms with Crippen molar-refractivity contribution in [1.82, 2.24) is 9.88 Å². The SMILES string of the molecule is Nc1ccc(C(=O)N2CCC(c3nc4cc(Cl)ccc4o3)CC2)cc1. The van der Waals surface area contributed by atoms with Gasteiger partial charge in [0.15, 0.2) is 11.5 Å². The number of anilines is 1. The van der Waals surface area contributed by atoms with Gasteiger partial charge in [0.1, 0.15) is 5.52 Å². The second-order valence-electron chi connectivity index (χ2n) is 6.35. The average molecular weight is 356 g/mol. The summed E-state index contributed by atoms with van der Waals surface area (Å²) in [5.74, 6) is 1.00. The van der Waals surface area contributed by atoms with Crippen molar-refractivity contribution < 1.29 is 9.21 Å². The highest BCUT2D eigenvalue weighted by atomic mass is 35.5. The molecule has 2 aromatic carbocycles. The molecule has 0 radical (unpaired) electrons. The van der Waals surface area contributed by atoms with Crippen molar-refractivity contribution >= 4 is 34.3 Å². The van der Waals surface area contributed by atoms with Crippen molar-refractivity contribution in [2.24, 2.45) is 0 Å². The van der Waals surface area contributed by atoms with Crippen LogP contribution in [0.5, 0.6) is 0 Å². The van der Waals surface area contributed by atoms with Gasteiger partial charge in [0.05, 0.1) is 0 Å². The topological polar surface area (TPSA) is 72.4 Å². The molecule has 2 heterocycles. The number of oxazole rings is 1. The first kappa shape index (κ1) is 16.0. The summed E-state index contributed by atoms with van der Waals surface area (Å²) in [4.78, 5) is 19.0. The van der Waals surface area contributed by atoms with E-state index < -0.39 is 0 Å². The summed E-state index contributed by atoms with van der Waals surface area (Å²) in [5, 5.41) is 0.649. The number of carbonyl (C=O) groups is 1. The number of piperidine rings is 1. The average Bonchev–Trinajstić information content (AvgIpc) is 3.05.